The maximum absolute atomic E-state index is 10.8. The maximum atomic E-state index is 10.8. The minimum absolute atomic E-state index is 0.00360. The summed E-state index contributed by atoms with van der Waals surface area (Å²) < 4.78 is 5.46. The molecule has 0 bridgehead atoms. The van der Waals surface area contributed by atoms with Crippen molar-refractivity contribution in [2.75, 3.05) is 6.61 Å². The molecule has 16 heavy (non-hydrogen) atoms. The van der Waals surface area contributed by atoms with Crippen LogP contribution in [-0.2, 0) is 0 Å². The van der Waals surface area contributed by atoms with Gasteiger partial charge in [0.25, 0.3) is 0 Å². The molecule has 1 heterocycles. The topological polar surface area (TPSA) is 59.4 Å². The van der Waals surface area contributed by atoms with E-state index < -0.39 is 5.97 Å². The summed E-state index contributed by atoms with van der Waals surface area (Å²) >= 11 is 0. The van der Waals surface area contributed by atoms with Gasteiger partial charge in [-0.05, 0) is 24.5 Å². The van der Waals surface area contributed by atoms with Crippen LogP contribution in [0.1, 0.15) is 36.2 Å². The smallest absolute Gasteiger partial charge is 0.358 e. The molecule has 86 valence electrons. The van der Waals surface area contributed by atoms with E-state index in [2.05, 4.69) is 4.98 Å². The molecule has 4 heteroatoms. The molecular weight excluding hydrogens is 206 g/mol. The predicted octanol–water partition coefficient (Wildman–Crippen LogP) is 2.35. The number of hydrogen-bond donors (Lipinski definition) is 1. The van der Waals surface area contributed by atoms with Crippen molar-refractivity contribution in [3.8, 4) is 5.75 Å². The first-order chi connectivity index (χ1) is 7.77. The zero-order valence-corrected chi connectivity index (χ0v) is 9.06. The van der Waals surface area contributed by atoms with Crippen molar-refractivity contribution in [2.45, 2.75) is 25.7 Å². The van der Waals surface area contributed by atoms with E-state index in [0.717, 1.165) is 12.3 Å². The van der Waals surface area contributed by atoms with Gasteiger partial charge in [0.2, 0.25) is 0 Å². The lowest BCUT2D eigenvalue weighted by Crippen LogP contribution is -2.15. The van der Waals surface area contributed by atoms with Gasteiger partial charge in [-0.25, -0.2) is 9.78 Å². The molecular formula is C12H15NO3. The second-order valence-electron chi connectivity index (χ2n) is 4.09. The van der Waals surface area contributed by atoms with Gasteiger partial charge in [0.15, 0.2) is 11.4 Å². The van der Waals surface area contributed by atoms with E-state index in [1.165, 1.54) is 25.5 Å². The fourth-order valence-corrected chi connectivity index (χ4v) is 1.78. The molecule has 0 atom stereocenters. The Morgan fingerprint density at radius 3 is 3.00 bits per heavy atom. The van der Waals surface area contributed by atoms with Crippen LogP contribution in [0.4, 0.5) is 0 Å². The molecule has 1 N–H and O–H groups in total. The highest BCUT2D eigenvalue weighted by Gasteiger charge is 2.18. The predicted molar refractivity (Wildman–Crippen MR) is 58.6 cm³/mol. The lowest BCUT2D eigenvalue weighted by molar-refractivity contribution is 0.0684. The summed E-state index contributed by atoms with van der Waals surface area (Å²) in [5.41, 5.74) is -0.00360. The number of nitrogens with zero attached hydrogens (tertiary/aromatic N) is 1. The number of carboxylic acids is 1. The van der Waals surface area contributed by atoms with E-state index >= 15 is 0 Å². The van der Waals surface area contributed by atoms with Crippen molar-refractivity contribution < 1.29 is 14.6 Å². The van der Waals surface area contributed by atoms with Crippen molar-refractivity contribution >= 4 is 5.97 Å². The molecule has 0 amide bonds. The number of carbonyl (C=O) groups is 1. The van der Waals surface area contributed by atoms with Gasteiger partial charge in [0.1, 0.15) is 0 Å². The van der Waals surface area contributed by atoms with Crippen LogP contribution < -0.4 is 4.74 Å². The van der Waals surface area contributed by atoms with Crippen LogP contribution in [0.15, 0.2) is 18.3 Å². The minimum Gasteiger partial charge on any atom is -0.491 e. The second kappa shape index (κ2) is 4.96. The van der Waals surface area contributed by atoms with Gasteiger partial charge in [-0.2, -0.15) is 0 Å². The number of hydrogen-bond acceptors (Lipinski definition) is 3. The quantitative estimate of drug-likeness (QED) is 0.829. The SMILES string of the molecule is O=C(O)c1ncccc1OCCC1CCC1. The van der Waals surface area contributed by atoms with Crippen LogP contribution in [0.25, 0.3) is 0 Å². The van der Waals surface area contributed by atoms with Crippen LogP contribution in [0.3, 0.4) is 0 Å². The van der Waals surface area contributed by atoms with Crippen molar-refractivity contribution in [2.24, 2.45) is 5.92 Å². The number of ether oxygens (including phenoxy) is 1. The number of rotatable bonds is 5. The first kappa shape index (κ1) is 10.9. The largest absolute Gasteiger partial charge is 0.491 e. The number of carboxylic acid groups (broad SMARTS) is 1. The van der Waals surface area contributed by atoms with Crippen LogP contribution >= 0.6 is 0 Å². The van der Waals surface area contributed by atoms with Gasteiger partial charge >= 0.3 is 5.97 Å². The molecule has 0 radical (unpaired) electrons. The Hall–Kier alpha value is -1.58. The maximum Gasteiger partial charge on any atom is 0.358 e. The first-order valence-corrected chi connectivity index (χ1v) is 5.58. The van der Waals surface area contributed by atoms with Crippen molar-refractivity contribution in [1.29, 1.82) is 0 Å². The van der Waals surface area contributed by atoms with Gasteiger partial charge < -0.3 is 9.84 Å². The summed E-state index contributed by atoms with van der Waals surface area (Å²) in [6, 6.07) is 3.34. The molecule has 1 aliphatic carbocycles. The van der Waals surface area contributed by atoms with Gasteiger partial charge in [0.05, 0.1) is 6.61 Å². The van der Waals surface area contributed by atoms with E-state index in [4.69, 9.17) is 9.84 Å². The molecule has 0 aliphatic heterocycles. The monoisotopic (exact) mass is 221 g/mol. The normalized spacial score (nSPS) is 15.5. The summed E-state index contributed by atoms with van der Waals surface area (Å²) in [6.45, 7) is 0.580. The summed E-state index contributed by atoms with van der Waals surface area (Å²) in [4.78, 5) is 14.6. The zero-order valence-electron chi connectivity index (χ0n) is 9.06. The average Bonchev–Trinajstić information content (AvgIpc) is 2.22. The van der Waals surface area contributed by atoms with Crippen molar-refractivity contribution in [3.05, 3.63) is 24.0 Å². The average molecular weight is 221 g/mol. The Morgan fingerprint density at radius 1 is 1.56 bits per heavy atom. The summed E-state index contributed by atoms with van der Waals surface area (Å²) in [6.07, 6.45) is 6.35. The fraction of sp³-hybridized carbons (Fsp3) is 0.500. The highest BCUT2D eigenvalue weighted by Crippen LogP contribution is 2.29. The van der Waals surface area contributed by atoms with Crippen LogP contribution in [0, 0.1) is 5.92 Å². The van der Waals surface area contributed by atoms with Crippen LogP contribution in [0.2, 0.25) is 0 Å². The third-order valence-corrected chi connectivity index (χ3v) is 2.98. The molecule has 0 unspecified atom stereocenters. The minimum atomic E-state index is -1.04. The molecule has 0 aromatic carbocycles. The third kappa shape index (κ3) is 2.51. The molecule has 1 aromatic rings. The Labute approximate surface area is 94.3 Å². The number of aromatic carboxylic acids is 1. The Balaban J connectivity index is 1.89. The Bertz CT molecular complexity index is 374. The molecule has 1 aromatic heterocycles. The molecule has 0 spiro atoms. The highest BCUT2D eigenvalue weighted by molar-refractivity contribution is 5.88. The van der Waals surface area contributed by atoms with E-state index in [0.29, 0.717) is 12.4 Å². The summed E-state index contributed by atoms with van der Waals surface area (Å²) in [5.74, 6) is 0.0958. The van der Waals surface area contributed by atoms with Gasteiger partial charge in [0, 0.05) is 6.20 Å². The Kier molecular flexibility index (Phi) is 3.39. The number of pyridine rings is 1. The standard InChI is InChI=1S/C12H15NO3/c14-12(15)11-10(5-2-7-13-11)16-8-6-9-3-1-4-9/h2,5,7,9H,1,3-4,6,8H2,(H,14,15). The van der Waals surface area contributed by atoms with E-state index in [1.807, 2.05) is 0 Å². The Morgan fingerprint density at radius 2 is 2.38 bits per heavy atom. The van der Waals surface area contributed by atoms with Gasteiger partial charge in [-0.1, -0.05) is 19.3 Å². The molecule has 4 nitrogen and oxygen atoms in total. The first-order valence-electron chi connectivity index (χ1n) is 5.58. The molecule has 1 aliphatic rings. The second-order valence-corrected chi connectivity index (χ2v) is 4.09. The van der Waals surface area contributed by atoms with Gasteiger partial charge in [-0.15, -0.1) is 0 Å². The van der Waals surface area contributed by atoms with Crippen LogP contribution in [-0.4, -0.2) is 22.7 Å². The molecule has 1 saturated carbocycles. The summed E-state index contributed by atoms with van der Waals surface area (Å²) in [5, 5.41) is 8.89. The van der Waals surface area contributed by atoms with Crippen molar-refractivity contribution in [3.63, 3.8) is 0 Å². The van der Waals surface area contributed by atoms with E-state index in [9.17, 15) is 4.79 Å². The molecule has 0 saturated heterocycles. The summed E-state index contributed by atoms with van der Waals surface area (Å²) in [7, 11) is 0. The van der Waals surface area contributed by atoms with Gasteiger partial charge in [-0.3, -0.25) is 0 Å². The third-order valence-electron chi connectivity index (χ3n) is 2.98. The molecule has 2 rings (SSSR count). The zero-order chi connectivity index (χ0) is 11.4. The molecule has 1 fully saturated rings. The highest BCUT2D eigenvalue weighted by atomic mass is 16.5. The fourth-order valence-electron chi connectivity index (χ4n) is 1.78. The van der Waals surface area contributed by atoms with E-state index in [-0.39, 0.29) is 5.69 Å². The lowest BCUT2D eigenvalue weighted by Gasteiger charge is -2.25. The number of aromatic nitrogens is 1. The van der Waals surface area contributed by atoms with E-state index in [1.54, 1.807) is 12.1 Å². The lowest BCUT2D eigenvalue weighted by atomic mass is 9.83. The van der Waals surface area contributed by atoms with Crippen LogP contribution in [0.5, 0.6) is 5.75 Å². The van der Waals surface area contributed by atoms with Crippen molar-refractivity contribution in [1.82, 2.24) is 4.98 Å².